The molecule has 0 saturated heterocycles. The van der Waals surface area contributed by atoms with Crippen LogP contribution >= 0.6 is 22.9 Å². The van der Waals surface area contributed by atoms with Crippen molar-refractivity contribution in [3.05, 3.63) is 94.3 Å². The van der Waals surface area contributed by atoms with Crippen molar-refractivity contribution in [2.45, 2.75) is 4.90 Å². The Morgan fingerprint density at radius 3 is 2.56 bits per heavy atom. The molecule has 0 unspecified atom stereocenters. The molecule has 1 N–H and O–H groups in total. The zero-order chi connectivity index (χ0) is 23.7. The highest BCUT2D eigenvalue weighted by Crippen LogP contribution is 2.28. The van der Waals surface area contributed by atoms with Crippen LogP contribution in [0.5, 0.6) is 0 Å². The smallest absolute Gasteiger partial charge is 0.363 e. The molecule has 0 bridgehead atoms. The second-order valence-corrected chi connectivity index (χ2v) is 9.97. The van der Waals surface area contributed by atoms with Crippen molar-refractivity contribution >= 4 is 56.0 Å². The number of hydrogen-bond acceptors (Lipinski definition) is 8. The number of halogens is 1. The number of carbonyl (C=O) groups excluding carboxylic acids is 1. The van der Waals surface area contributed by atoms with Gasteiger partial charge in [-0.1, -0.05) is 23.7 Å². The van der Waals surface area contributed by atoms with Gasteiger partial charge in [0.15, 0.2) is 10.8 Å². The Morgan fingerprint density at radius 1 is 1.03 bits per heavy atom. The Balaban J connectivity index is 1.35. The number of aliphatic imine (C=N–C) groups is 1. The number of anilines is 1. The highest BCUT2D eigenvalue weighted by molar-refractivity contribution is 7.93. The Labute approximate surface area is 203 Å². The maximum atomic E-state index is 12.5. The van der Waals surface area contributed by atoms with Crippen LogP contribution in [0.15, 0.2) is 92.2 Å². The van der Waals surface area contributed by atoms with E-state index >= 15 is 0 Å². The number of benzene rings is 2. The molecular weight excluding hydrogens is 498 g/mol. The molecule has 170 valence electrons. The summed E-state index contributed by atoms with van der Waals surface area (Å²) in [6.45, 7) is 0. The summed E-state index contributed by atoms with van der Waals surface area (Å²) in [5, 5.41) is 2.39. The minimum Gasteiger partial charge on any atom is -0.457 e. The van der Waals surface area contributed by atoms with Gasteiger partial charge in [-0.25, -0.2) is 23.2 Å². The Kier molecular flexibility index (Phi) is 5.78. The standard InChI is InChI=1S/C23H14ClN3O5S2/c24-18-4-2-1-3-17(18)21-26-19(22(28)32-21)13-15-7-10-20(31-15)14-5-8-16(9-6-14)34(29,30)27-23-25-11-12-33-23/h1-13H,(H,25,27)/b19-13-. The number of rotatable bonds is 6. The third-order valence-electron chi connectivity index (χ3n) is 4.73. The van der Waals surface area contributed by atoms with Crippen LogP contribution in [0.4, 0.5) is 5.13 Å². The number of esters is 1. The van der Waals surface area contributed by atoms with E-state index in [0.717, 1.165) is 0 Å². The summed E-state index contributed by atoms with van der Waals surface area (Å²) in [4.78, 5) is 20.5. The third kappa shape index (κ3) is 4.51. The van der Waals surface area contributed by atoms with Crippen LogP contribution in [0.2, 0.25) is 5.02 Å². The average molecular weight is 512 g/mol. The van der Waals surface area contributed by atoms with Gasteiger partial charge in [-0.05, 0) is 48.5 Å². The van der Waals surface area contributed by atoms with Crippen LogP contribution in [0.25, 0.3) is 17.4 Å². The molecule has 2 aromatic carbocycles. The van der Waals surface area contributed by atoms with Crippen molar-refractivity contribution in [1.82, 2.24) is 4.98 Å². The van der Waals surface area contributed by atoms with Crippen LogP contribution in [-0.2, 0) is 19.6 Å². The highest BCUT2D eigenvalue weighted by atomic mass is 35.5. The van der Waals surface area contributed by atoms with Gasteiger partial charge >= 0.3 is 5.97 Å². The first-order valence-electron chi connectivity index (χ1n) is 9.79. The predicted octanol–water partition coefficient (Wildman–Crippen LogP) is 5.20. The zero-order valence-electron chi connectivity index (χ0n) is 17.1. The number of nitrogens with zero attached hydrogens (tertiary/aromatic N) is 2. The van der Waals surface area contributed by atoms with Gasteiger partial charge in [-0.15, -0.1) is 11.3 Å². The highest BCUT2D eigenvalue weighted by Gasteiger charge is 2.26. The summed E-state index contributed by atoms with van der Waals surface area (Å²) < 4.78 is 38.4. The fourth-order valence-electron chi connectivity index (χ4n) is 3.13. The summed E-state index contributed by atoms with van der Waals surface area (Å²) >= 11 is 7.34. The summed E-state index contributed by atoms with van der Waals surface area (Å²) in [6, 6.07) is 16.5. The van der Waals surface area contributed by atoms with E-state index in [9.17, 15) is 13.2 Å². The predicted molar refractivity (Wildman–Crippen MR) is 129 cm³/mol. The van der Waals surface area contributed by atoms with E-state index in [1.807, 2.05) is 0 Å². The topological polar surface area (TPSA) is 111 Å². The second kappa shape index (κ2) is 8.90. The van der Waals surface area contributed by atoms with Gasteiger partial charge in [0, 0.05) is 23.2 Å². The number of nitrogens with one attached hydrogen (secondary N) is 1. The number of cyclic esters (lactones) is 1. The lowest BCUT2D eigenvalue weighted by molar-refractivity contribution is -0.129. The second-order valence-electron chi connectivity index (χ2n) is 6.99. The largest absolute Gasteiger partial charge is 0.457 e. The lowest BCUT2D eigenvalue weighted by Gasteiger charge is -2.05. The Morgan fingerprint density at radius 2 is 1.82 bits per heavy atom. The normalized spacial score (nSPS) is 14.8. The molecule has 4 aromatic rings. The molecule has 5 rings (SSSR count). The number of sulfonamides is 1. The SMILES string of the molecule is O=C1OC(c2ccccc2Cl)=N/C1=C\c1ccc(-c2ccc(S(=O)(=O)Nc3nccs3)cc2)o1. The molecule has 3 heterocycles. The molecule has 34 heavy (non-hydrogen) atoms. The Hall–Kier alpha value is -3.73. The van der Waals surface area contributed by atoms with E-state index in [4.69, 9.17) is 20.8 Å². The van der Waals surface area contributed by atoms with Crippen molar-refractivity contribution in [2.24, 2.45) is 4.99 Å². The van der Waals surface area contributed by atoms with Gasteiger partial charge < -0.3 is 9.15 Å². The molecule has 2 aromatic heterocycles. The van der Waals surface area contributed by atoms with Gasteiger partial charge in [0.2, 0.25) is 5.90 Å². The molecular formula is C23H14ClN3O5S2. The molecule has 0 radical (unpaired) electrons. The van der Waals surface area contributed by atoms with Crippen LogP contribution in [0.3, 0.4) is 0 Å². The van der Waals surface area contributed by atoms with Crippen molar-refractivity contribution in [1.29, 1.82) is 0 Å². The average Bonchev–Trinajstić information content (AvgIpc) is 3.57. The number of aromatic nitrogens is 1. The molecule has 8 nitrogen and oxygen atoms in total. The third-order valence-corrected chi connectivity index (χ3v) is 7.24. The summed E-state index contributed by atoms with van der Waals surface area (Å²) in [5.41, 5.74) is 1.25. The molecule has 0 atom stereocenters. The van der Waals surface area contributed by atoms with Gasteiger partial charge in [0.05, 0.1) is 15.5 Å². The van der Waals surface area contributed by atoms with E-state index in [0.29, 0.717) is 32.8 Å². The molecule has 0 saturated carbocycles. The first kappa shape index (κ1) is 22.1. The minimum absolute atomic E-state index is 0.0746. The van der Waals surface area contributed by atoms with E-state index in [-0.39, 0.29) is 16.5 Å². The first-order valence-corrected chi connectivity index (χ1v) is 12.5. The fourth-order valence-corrected chi connectivity index (χ4v) is 5.13. The molecule has 1 aliphatic heterocycles. The summed E-state index contributed by atoms with van der Waals surface area (Å²) in [7, 11) is -3.75. The molecule has 0 aliphatic carbocycles. The monoisotopic (exact) mass is 511 g/mol. The molecule has 0 fully saturated rings. The number of ether oxygens (including phenoxy) is 1. The molecule has 0 amide bonds. The van der Waals surface area contributed by atoms with E-state index in [1.165, 1.54) is 35.7 Å². The van der Waals surface area contributed by atoms with Crippen molar-refractivity contribution in [2.75, 3.05) is 4.72 Å². The van der Waals surface area contributed by atoms with E-state index < -0.39 is 16.0 Å². The number of thiazole rings is 1. The zero-order valence-corrected chi connectivity index (χ0v) is 19.5. The van der Waals surface area contributed by atoms with Crippen molar-refractivity contribution in [3.8, 4) is 11.3 Å². The maximum absolute atomic E-state index is 12.5. The van der Waals surface area contributed by atoms with Gasteiger partial charge in [0.25, 0.3) is 10.0 Å². The number of furan rings is 1. The van der Waals surface area contributed by atoms with E-state index in [1.54, 1.807) is 53.9 Å². The van der Waals surface area contributed by atoms with Crippen LogP contribution in [0.1, 0.15) is 11.3 Å². The summed E-state index contributed by atoms with van der Waals surface area (Å²) in [5.74, 6) is 0.380. The quantitative estimate of drug-likeness (QED) is 0.281. The number of hydrogen-bond donors (Lipinski definition) is 1. The first-order chi connectivity index (χ1) is 16.4. The Bertz CT molecular complexity index is 1540. The van der Waals surface area contributed by atoms with Gasteiger partial charge in [-0.2, -0.15) is 0 Å². The van der Waals surface area contributed by atoms with Gasteiger partial charge in [0.1, 0.15) is 11.5 Å². The van der Waals surface area contributed by atoms with E-state index in [2.05, 4.69) is 14.7 Å². The maximum Gasteiger partial charge on any atom is 0.363 e. The van der Waals surface area contributed by atoms with Crippen LogP contribution in [0, 0.1) is 0 Å². The fraction of sp³-hybridized carbons (Fsp3) is 0. The van der Waals surface area contributed by atoms with Crippen molar-refractivity contribution < 1.29 is 22.4 Å². The van der Waals surface area contributed by atoms with Gasteiger partial charge in [-0.3, -0.25) is 4.72 Å². The lowest BCUT2D eigenvalue weighted by atomic mass is 10.2. The minimum atomic E-state index is -3.75. The molecule has 1 aliphatic rings. The van der Waals surface area contributed by atoms with Crippen LogP contribution < -0.4 is 4.72 Å². The van der Waals surface area contributed by atoms with Crippen LogP contribution in [-0.4, -0.2) is 25.3 Å². The lowest BCUT2D eigenvalue weighted by Crippen LogP contribution is -2.12. The van der Waals surface area contributed by atoms with Crippen molar-refractivity contribution in [3.63, 3.8) is 0 Å². The number of carbonyl (C=O) groups is 1. The molecule has 11 heteroatoms. The summed E-state index contributed by atoms with van der Waals surface area (Å²) in [6.07, 6.45) is 2.98. The molecule has 0 spiro atoms.